The molecule has 23 heavy (non-hydrogen) atoms. The first-order valence-electron chi connectivity index (χ1n) is 7.33. The number of carbonyl (C=O) groups excluding carboxylic acids is 1. The van der Waals surface area contributed by atoms with Crippen LogP contribution >= 0.6 is 12.2 Å². The Morgan fingerprint density at radius 2 is 1.87 bits per heavy atom. The second-order valence-electron chi connectivity index (χ2n) is 6.59. The topological polar surface area (TPSA) is 63.7 Å². The molecule has 1 fully saturated rings. The molecule has 7 heteroatoms. The van der Waals surface area contributed by atoms with E-state index < -0.39 is 20.8 Å². The summed E-state index contributed by atoms with van der Waals surface area (Å²) >= 11 is 4.85. The molecule has 0 aromatic heterocycles. The highest BCUT2D eigenvalue weighted by Gasteiger charge is 2.49. The molecule has 2 rings (SSSR count). The van der Waals surface area contributed by atoms with Gasteiger partial charge in [0.25, 0.3) is 0 Å². The average molecular weight is 355 g/mol. The molecule has 126 valence electrons. The first kappa shape index (κ1) is 17.9. The van der Waals surface area contributed by atoms with Crippen molar-refractivity contribution in [1.82, 2.24) is 4.31 Å². The van der Waals surface area contributed by atoms with Gasteiger partial charge in [-0.1, -0.05) is 24.3 Å². The Bertz CT molecular complexity index is 717. The zero-order chi connectivity index (χ0) is 17.4. The van der Waals surface area contributed by atoms with Crippen molar-refractivity contribution in [3.63, 3.8) is 0 Å². The SMILES string of the molecule is CC(=S)OCc1ccc([C@@H]2CC(=O)N(C(C)(C)C)S2(=O)=O)cc1. The van der Waals surface area contributed by atoms with Crippen molar-refractivity contribution in [3.8, 4) is 0 Å². The first-order valence-corrected chi connectivity index (χ1v) is 9.24. The molecule has 0 unspecified atom stereocenters. The lowest BCUT2D eigenvalue weighted by Gasteiger charge is -2.30. The first-order chi connectivity index (χ1) is 10.5. The van der Waals surface area contributed by atoms with Gasteiger partial charge in [-0.25, -0.2) is 12.7 Å². The van der Waals surface area contributed by atoms with Crippen LogP contribution in [0, 0.1) is 0 Å². The second kappa shape index (κ2) is 6.20. The lowest BCUT2D eigenvalue weighted by Crippen LogP contribution is -2.45. The molecule has 1 saturated heterocycles. The summed E-state index contributed by atoms with van der Waals surface area (Å²) in [6.07, 6.45) is -0.0193. The second-order valence-corrected chi connectivity index (χ2v) is 9.13. The minimum atomic E-state index is -3.69. The summed E-state index contributed by atoms with van der Waals surface area (Å²) in [5.41, 5.74) is 0.759. The summed E-state index contributed by atoms with van der Waals surface area (Å²) in [7, 11) is -3.69. The van der Waals surface area contributed by atoms with Gasteiger partial charge in [0.15, 0.2) is 5.05 Å². The van der Waals surface area contributed by atoms with Crippen molar-refractivity contribution >= 4 is 33.2 Å². The number of carbonyl (C=O) groups is 1. The predicted octanol–water partition coefficient (Wildman–Crippen LogP) is 2.95. The number of ether oxygens (including phenoxy) is 1. The molecule has 1 aliphatic heterocycles. The molecule has 1 atom stereocenters. The highest BCUT2D eigenvalue weighted by Crippen LogP contribution is 2.40. The van der Waals surface area contributed by atoms with Gasteiger partial charge in [0, 0.05) is 6.92 Å². The van der Waals surface area contributed by atoms with E-state index in [1.807, 2.05) is 0 Å². The van der Waals surface area contributed by atoms with Crippen molar-refractivity contribution < 1.29 is 17.9 Å². The Morgan fingerprint density at radius 3 is 2.30 bits per heavy atom. The molecule has 1 aliphatic rings. The van der Waals surface area contributed by atoms with Gasteiger partial charge in [-0.15, -0.1) is 0 Å². The summed E-state index contributed by atoms with van der Waals surface area (Å²) in [4.78, 5) is 12.2. The van der Waals surface area contributed by atoms with E-state index in [0.29, 0.717) is 17.2 Å². The molecule has 0 saturated carbocycles. The summed E-state index contributed by atoms with van der Waals surface area (Å²) in [6, 6.07) is 7.07. The van der Waals surface area contributed by atoms with Crippen molar-refractivity contribution in [2.75, 3.05) is 0 Å². The van der Waals surface area contributed by atoms with E-state index in [-0.39, 0.29) is 12.3 Å². The number of sulfonamides is 1. The number of hydrogen-bond acceptors (Lipinski definition) is 5. The molecule has 1 heterocycles. The van der Waals surface area contributed by atoms with Gasteiger partial charge >= 0.3 is 0 Å². The minimum absolute atomic E-state index is 0.0193. The van der Waals surface area contributed by atoms with Crippen LogP contribution in [0.15, 0.2) is 24.3 Å². The Hall–Kier alpha value is -1.47. The lowest BCUT2D eigenvalue weighted by molar-refractivity contribution is -0.128. The average Bonchev–Trinajstić information content (AvgIpc) is 2.66. The molecular weight excluding hydrogens is 334 g/mol. The van der Waals surface area contributed by atoms with Crippen molar-refractivity contribution in [2.24, 2.45) is 0 Å². The van der Waals surface area contributed by atoms with Crippen LogP contribution < -0.4 is 0 Å². The van der Waals surface area contributed by atoms with Crippen LogP contribution in [-0.4, -0.2) is 29.2 Å². The molecule has 1 amide bonds. The Kier molecular flexibility index (Phi) is 4.82. The zero-order valence-electron chi connectivity index (χ0n) is 13.7. The molecular formula is C16H21NO4S2. The maximum absolute atomic E-state index is 12.7. The molecule has 1 aromatic carbocycles. The standard InChI is InChI=1S/C16H21NO4S2/c1-11(22)21-10-12-5-7-13(8-6-12)14-9-15(18)17(16(2,3)4)23(14,19)20/h5-8,14H,9-10H2,1-4H3/t14-/m0/s1. The molecule has 0 spiro atoms. The molecule has 0 N–H and O–H groups in total. The zero-order valence-corrected chi connectivity index (χ0v) is 15.3. The lowest BCUT2D eigenvalue weighted by atomic mass is 10.1. The van der Waals surface area contributed by atoms with Gasteiger partial charge in [0.2, 0.25) is 15.9 Å². The van der Waals surface area contributed by atoms with Crippen molar-refractivity contribution in [1.29, 1.82) is 0 Å². The normalized spacial score (nSPS) is 20.6. The van der Waals surface area contributed by atoms with E-state index >= 15 is 0 Å². The molecule has 0 aliphatic carbocycles. The summed E-state index contributed by atoms with van der Waals surface area (Å²) in [5, 5.41) is -0.365. The van der Waals surface area contributed by atoms with Crippen LogP contribution in [0.1, 0.15) is 50.5 Å². The molecule has 1 aromatic rings. The van der Waals surface area contributed by atoms with Gasteiger partial charge in [-0.3, -0.25) is 4.79 Å². The third-order valence-electron chi connectivity index (χ3n) is 3.60. The summed E-state index contributed by atoms with van der Waals surface area (Å²) < 4.78 is 31.7. The molecule has 0 radical (unpaired) electrons. The summed E-state index contributed by atoms with van der Waals surface area (Å²) in [6.45, 7) is 7.21. The highest BCUT2D eigenvalue weighted by molar-refractivity contribution is 7.90. The van der Waals surface area contributed by atoms with Gasteiger partial charge in [-0.05, 0) is 44.1 Å². The largest absolute Gasteiger partial charge is 0.483 e. The highest BCUT2D eigenvalue weighted by atomic mass is 32.2. The van der Waals surface area contributed by atoms with E-state index in [9.17, 15) is 13.2 Å². The van der Waals surface area contributed by atoms with Gasteiger partial charge in [0.05, 0.1) is 12.0 Å². The smallest absolute Gasteiger partial charge is 0.245 e. The number of thiocarbonyl (C=S) groups is 1. The van der Waals surface area contributed by atoms with Crippen molar-refractivity contribution in [3.05, 3.63) is 35.4 Å². The van der Waals surface area contributed by atoms with Crippen molar-refractivity contribution in [2.45, 2.75) is 51.5 Å². The van der Waals surface area contributed by atoms with E-state index in [0.717, 1.165) is 9.87 Å². The number of hydrogen-bond donors (Lipinski definition) is 0. The Balaban J connectivity index is 2.26. The fourth-order valence-electron chi connectivity index (χ4n) is 2.68. The number of benzene rings is 1. The maximum atomic E-state index is 12.7. The van der Waals surface area contributed by atoms with Crippen LogP contribution in [0.3, 0.4) is 0 Å². The number of nitrogens with zero attached hydrogens (tertiary/aromatic N) is 1. The van der Waals surface area contributed by atoms with E-state index in [1.165, 1.54) is 0 Å². The van der Waals surface area contributed by atoms with Crippen LogP contribution in [0.4, 0.5) is 0 Å². The third-order valence-corrected chi connectivity index (χ3v) is 6.14. The van der Waals surface area contributed by atoms with Crippen LogP contribution in [-0.2, 0) is 26.2 Å². The Labute approximate surface area is 142 Å². The Morgan fingerprint density at radius 1 is 1.30 bits per heavy atom. The monoisotopic (exact) mass is 355 g/mol. The molecule has 5 nitrogen and oxygen atoms in total. The van der Waals surface area contributed by atoms with Gasteiger partial charge in [0.1, 0.15) is 11.9 Å². The number of amides is 1. The number of rotatable bonds is 3. The van der Waals surface area contributed by atoms with Gasteiger partial charge in [-0.2, -0.15) is 0 Å². The quantitative estimate of drug-likeness (QED) is 0.780. The summed E-state index contributed by atoms with van der Waals surface area (Å²) in [5.74, 6) is -0.355. The maximum Gasteiger partial charge on any atom is 0.245 e. The molecule has 0 bridgehead atoms. The van der Waals surface area contributed by atoms with Gasteiger partial charge < -0.3 is 4.74 Å². The minimum Gasteiger partial charge on any atom is -0.483 e. The fraction of sp³-hybridized carbons (Fsp3) is 0.500. The van der Waals surface area contributed by atoms with Crippen LogP contribution in [0.2, 0.25) is 0 Å². The fourth-order valence-corrected chi connectivity index (χ4v) is 4.96. The van der Waals surface area contributed by atoms with Crippen LogP contribution in [0.25, 0.3) is 0 Å². The third kappa shape index (κ3) is 3.72. The predicted molar refractivity (Wildman–Crippen MR) is 92.4 cm³/mol. The van der Waals surface area contributed by atoms with E-state index in [2.05, 4.69) is 0 Å². The van der Waals surface area contributed by atoms with E-state index in [4.69, 9.17) is 17.0 Å². The van der Waals surface area contributed by atoms with Crippen LogP contribution in [0.5, 0.6) is 0 Å². The van der Waals surface area contributed by atoms with E-state index in [1.54, 1.807) is 52.0 Å².